The lowest BCUT2D eigenvalue weighted by molar-refractivity contribution is -0.137. The van der Waals surface area contributed by atoms with Gasteiger partial charge in [-0.2, -0.15) is 0 Å². The molecule has 1 aliphatic heterocycles. The van der Waals surface area contributed by atoms with Gasteiger partial charge < -0.3 is 5.11 Å². The molecule has 3 nitrogen and oxygen atoms in total. The van der Waals surface area contributed by atoms with E-state index >= 15 is 0 Å². The summed E-state index contributed by atoms with van der Waals surface area (Å²) in [5, 5.41) is 8.76. The number of hydrogen-bond acceptors (Lipinski definition) is 2. The number of benzene rings is 1. The fraction of sp³-hybridized carbons (Fsp3) is 0.562. The molecule has 1 N–H and O–H groups in total. The fourth-order valence-corrected chi connectivity index (χ4v) is 3.00. The van der Waals surface area contributed by atoms with Crippen molar-refractivity contribution >= 4 is 5.97 Å². The van der Waals surface area contributed by atoms with Crippen LogP contribution in [-0.4, -0.2) is 29.1 Å². The van der Waals surface area contributed by atoms with E-state index < -0.39 is 17.6 Å². The predicted octanol–water partition coefficient (Wildman–Crippen LogP) is 3.60. The van der Waals surface area contributed by atoms with Crippen LogP contribution in [0.3, 0.4) is 0 Å². The average Bonchev–Trinajstić information content (AvgIpc) is 2.47. The molecule has 1 aliphatic rings. The molecule has 1 aromatic carbocycles. The van der Waals surface area contributed by atoms with Crippen LogP contribution in [0.1, 0.15) is 44.2 Å². The van der Waals surface area contributed by atoms with Gasteiger partial charge in [0.2, 0.25) is 0 Å². The Morgan fingerprint density at radius 1 is 1.43 bits per heavy atom. The molecule has 2 atom stereocenters. The van der Waals surface area contributed by atoms with Gasteiger partial charge in [-0.3, -0.25) is 9.69 Å². The quantitative estimate of drug-likeness (QED) is 0.902. The van der Waals surface area contributed by atoms with Crippen LogP contribution in [0.25, 0.3) is 0 Å². The van der Waals surface area contributed by atoms with Crippen molar-refractivity contribution in [3.63, 3.8) is 0 Å². The molecule has 2 rings (SSSR count). The Morgan fingerprint density at radius 2 is 2.19 bits per heavy atom. The third-order valence-corrected chi connectivity index (χ3v) is 4.29. The van der Waals surface area contributed by atoms with Gasteiger partial charge in [-0.1, -0.05) is 6.07 Å². The first-order valence-electron chi connectivity index (χ1n) is 7.38. The minimum absolute atomic E-state index is 0.00716. The third kappa shape index (κ3) is 4.24. The van der Waals surface area contributed by atoms with Crippen molar-refractivity contribution in [2.45, 2.75) is 38.6 Å². The number of nitrogens with zero attached hydrogens (tertiary/aromatic N) is 1. The zero-order valence-electron chi connectivity index (χ0n) is 12.2. The number of carbonyl (C=O) groups is 1. The highest BCUT2D eigenvalue weighted by atomic mass is 19.2. The molecule has 0 spiro atoms. The number of carboxylic acids is 1. The number of likely N-dealkylation sites (tertiary alicyclic amines) is 1. The molecule has 1 heterocycles. The van der Waals surface area contributed by atoms with E-state index in [9.17, 15) is 13.6 Å². The number of carboxylic acid groups (broad SMARTS) is 1. The van der Waals surface area contributed by atoms with Crippen molar-refractivity contribution < 1.29 is 18.7 Å². The van der Waals surface area contributed by atoms with Crippen molar-refractivity contribution in [2.24, 2.45) is 5.92 Å². The van der Waals surface area contributed by atoms with Gasteiger partial charge >= 0.3 is 5.97 Å². The van der Waals surface area contributed by atoms with Crippen LogP contribution in [0.2, 0.25) is 0 Å². The fourth-order valence-electron chi connectivity index (χ4n) is 3.00. The second-order valence-corrected chi connectivity index (χ2v) is 5.79. The first-order chi connectivity index (χ1) is 9.97. The lowest BCUT2D eigenvalue weighted by Crippen LogP contribution is -2.37. The van der Waals surface area contributed by atoms with Crippen LogP contribution in [0.5, 0.6) is 0 Å². The molecule has 0 bridgehead atoms. The molecule has 5 heteroatoms. The standard InChI is InChI=1S/C16H21F2NO2/c1-11(13-5-6-14(17)15(18)9-13)19-8-2-3-12(10-19)4-7-16(20)21/h5-6,9,11-12H,2-4,7-8,10H2,1H3,(H,20,21). The van der Waals surface area contributed by atoms with E-state index in [1.807, 2.05) is 6.92 Å². The Morgan fingerprint density at radius 3 is 2.86 bits per heavy atom. The van der Waals surface area contributed by atoms with Crippen LogP contribution >= 0.6 is 0 Å². The van der Waals surface area contributed by atoms with E-state index in [0.717, 1.165) is 37.6 Å². The van der Waals surface area contributed by atoms with Gasteiger partial charge in [0.25, 0.3) is 0 Å². The largest absolute Gasteiger partial charge is 0.481 e. The highest BCUT2D eigenvalue weighted by Gasteiger charge is 2.25. The number of piperidine rings is 1. The first kappa shape index (κ1) is 15.9. The van der Waals surface area contributed by atoms with Crippen molar-refractivity contribution in [3.8, 4) is 0 Å². The Hall–Kier alpha value is -1.49. The molecule has 1 aromatic rings. The van der Waals surface area contributed by atoms with Crippen LogP contribution in [0.15, 0.2) is 18.2 Å². The molecule has 0 aliphatic carbocycles. The van der Waals surface area contributed by atoms with Gasteiger partial charge in [-0.25, -0.2) is 8.78 Å². The molecule has 116 valence electrons. The number of aliphatic carboxylic acids is 1. The summed E-state index contributed by atoms with van der Waals surface area (Å²) in [5.41, 5.74) is 0.757. The van der Waals surface area contributed by atoms with Crippen molar-refractivity contribution in [3.05, 3.63) is 35.4 Å². The van der Waals surface area contributed by atoms with Crippen molar-refractivity contribution in [1.82, 2.24) is 4.90 Å². The average molecular weight is 297 g/mol. The van der Waals surface area contributed by atoms with Crippen LogP contribution in [-0.2, 0) is 4.79 Å². The monoisotopic (exact) mass is 297 g/mol. The molecule has 1 saturated heterocycles. The Balaban J connectivity index is 1.99. The minimum atomic E-state index is -0.830. The van der Waals surface area contributed by atoms with Gasteiger partial charge in [0.1, 0.15) is 0 Å². The second-order valence-electron chi connectivity index (χ2n) is 5.79. The summed E-state index contributed by atoms with van der Waals surface area (Å²) in [4.78, 5) is 12.9. The highest BCUT2D eigenvalue weighted by Crippen LogP contribution is 2.29. The number of rotatable bonds is 5. The summed E-state index contributed by atoms with van der Waals surface area (Å²) < 4.78 is 26.3. The van der Waals surface area contributed by atoms with E-state index in [2.05, 4.69) is 4.90 Å². The summed E-state index contributed by atoms with van der Waals surface area (Å²) in [5.74, 6) is -2.05. The Kier molecular flexibility index (Phi) is 5.28. The summed E-state index contributed by atoms with van der Waals surface area (Å²) in [6.07, 6.45) is 2.92. The number of halogens is 2. The molecule has 21 heavy (non-hydrogen) atoms. The molecule has 0 radical (unpaired) electrons. The zero-order chi connectivity index (χ0) is 15.4. The summed E-state index contributed by atoms with van der Waals surface area (Å²) in [6, 6.07) is 4.03. The van der Waals surface area contributed by atoms with E-state index in [4.69, 9.17) is 5.11 Å². The topological polar surface area (TPSA) is 40.5 Å². The zero-order valence-corrected chi connectivity index (χ0v) is 12.2. The molecule has 0 saturated carbocycles. The maximum absolute atomic E-state index is 13.3. The maximum atomic E-state index is 13.3. The molecule has 0 amide bonds. The normalized spacial score (nSPS) is 21.2. The molecular weight excluding hydrogens is 276 g/mol. The molecule has 0 aromatic heterocycles. The summed E-state index contributed by atoms with van der Waals surface area (Å²) in [6.45, 7) is 3.70. The highest BCUT2D eigenvalue weighted by molar-refractivity contribution is 5.66. The summed E-state index contributed by atoms with van der Waals surface area (Å²) in [7, 11) is 0. The van der Waals surface area contributed by atoms with Gasteiger partial charge in [-0.15, -0.1) is 0 Å². The van der Waals surface area contributed by atoms with E-state index in [-0.39, 0.29) is 12.5 Å². The Labute approximate surface area is 123 Å². The lowest BCUT2D eigenvalue weighted by atomic mass is 9.91. The van der Waals surface area contributed by atoms with E-state index in [1.54, 1.807) is 6.07 Å². The second kappa shape index (κ2) is 6.98. The predicted molar refractivity (Wildman–Crippen MR) is 75.9 cm³/mol. The van der Waals surface area contributed by atoms with E-state index in [1.165, 1.54) is 6.07 Å². The maximum Gasteiger partial charge on any atom is 0.303 e. The van der Waals surface area contributed by atoms with Gasteiger partial charge in [0, 0.05) is 19.0 Å². The third-order valence-electron chi connectivity index (χ3n) is 4.29. The minimum Gasteiger partial charge on any atom is -0.481 e. The van der Waals surface area contributed by atoms with Crippen molar-refractivity contribution in [2.75, 3.05) is 13.1 Å². The molecule has 2 unspecified atom stereocenters. The SMILES string of the molecule is CC(c1ccc(F)c(F)c1)N1CCCC(CCC(=O)O)C1. The first-order valence-corrected chi connectivity index (χ1v) is 7.38. The van der Waals surface area contributed by atoms with Crippen LogP contribution in [0.4, 0.5) is 8.78 Å². The van der Waals surface area contributed by atoms with Crippen molar-refractivity contribution in [1.29, 1.82) is 0 Å². The smallest absolute Gasteiger partial charge is 0.303 e. The van der Waals surface area contributed by atoms with Crippen LogP contribution < -0.4 is 0 Å². The van der Waals surface area contributed by atoms with Crippen LogP contribution in [0, 0.1) is 17.6 Å². The van der Waals surface area contributed by atoms with Gasteiger partial charge in [0.05, 0.1) is 0 Å². The lowest BCUT2D eigenvalue weighted by Gasteiger charge is -2.37. The summed E-state index contributed by atoms with van der Waals surface area (Å²) >= 11 is 0. The molecular formula is C16H21F2NO2. The Bertz CT molecular complexity index is 507. The number of hydrogen-bond donors (Lipinski definition) is 1. The van der Waals surface area contributed by atoms with Gasteiger partial charge in [0.15, 0.2) is 11.6 Å². The van der Waals surface area contributed by atoms with E-state index in [0.29, 0.717) is 12.3 Å². The molecule has 1 fully saturated rings. The van der Waals surface area contributed by atoms with Gasteiger partial charge in [-0.05, 0) is 56.3 Å².